The molecule has 0 bridgehead atoms. The molecular formula is C26H27N3O4. The van der Waals surface area contributed by atoms with Gasteiger partial charge >= 0.3 is 0 Å². The van der Waals surface area contributed by atoms with Crippen LogP contribution in [0.4, 0.5) is 0 Å². The summed E-state index contributed by atoms with van der Waals surface area (Å²) in [6.45, 7) is -0.0242. The van der Waals surface area contributed by atoms with Crippen LogP contribution in [-0.4, -0.2) is 42.5 Å². The second-order valence-corrected chi connectivity index (χ2v) is 8.50. The van der Waals surface area contributed by atoms with E-state index in [1.165, 1.54) is 15.8 Å². The van der Waals surface area contributed by atoms with Gasteiger partial charge < -0.3 is 24.7 Å². The lowest BCUT2D eigenvalue weighted by molar-refractivity contribution is -0.133. The second-order valence-electron chi connectivity index (χ2n) is 8.50. The van der Waals surface area contributed by atoms with Crippen LogP contribution in [0.25, 0.3) is 17.0 Å². The lowest BCUT2D eigenvalue weighted by Crippen LogP contribution is -2.40. The topological polar surface area (TPSA) is 83.7 Å². The highest BCUT2D eigenvalue weighted by atomic mass is 16.5. The first-order valence-electron chi connectivity index (χ1n) is 11.2. The van der Waals surface area contributed by atoms with Gasteiger partial charge in [-0.15, -0.1) is 0 Å². The van der Waals surface area contributed by atoms with Gasteiger partial charge in [-0.1, -0.05) is 18.2 Å². The van der Waals surface area contributed by atoms with Gasteiger partial charge in [0, 0.05) is 22.8 Å². The summed E-state index contributed by atoms with van der Waals surface area (Å²) in [6, 6.07) is 11.8. The molecule has 0 radical (unpaired) electrons. The molecule has 0 fully saturated rings. The van der Waals surface area contributed by atoms with Gasteiger partial charge in [-0.05, 0) is 60.2 Å². The maximum absolute atomic E-state index is 12.9. The van der Waals surface area contributed by atoms with Crippen molar-refractivity contribution in [2.24, 2.45) is 0 Å². The number of carbonyl (C=O) groups is 2. The van der Waals surface area contributed by atoms with Crippen LogP contribution in [0.1, 0.15) is 41.3 Å². The maximum atomic E-state index is 12.9. The number of rotatable bonds is 5. The maximum Gasteiger partial charge on any atom is 0.240 e. The SMILES string of the molecule is COc1cc2c(cc1OC)CC(=O)N(CC(=O)NC1CCCc3c1[nH]c1ccccc31)C=C2. The minimum absolute atomic E-state index is 0.0242. The van der Waals surface area contributed by atoms with Crippen molar-refractivity contribution in [2.45, 2.75) is 31.7 Å². The first-order valence-corrected chi connectivity index (χ1v) is 11.2. The summed E-state index contributed by atoms with van der Waals surface area (Å²) in [4.78, 5) is 30.8. The van der Waals surface area contributed by atoms with Crippen molar-refractivity contribution in [3.63, 3.8) is 0 Å². The zero-order valence-electron chi connectivity index (χ0n) is 18.8. The minimum Gasteiger partial charge on any atom is -0.493 e. The molecule has 2 N–H and O–H groups in total. The summed E-state index contributed by atoms with van der Waals surface area (Å²) in [5.74, 6) is 0.869. The number of H-pyrrole nitrogens is 1. The standard InChI is InChI=1S/C26H27N3O4/c1-32-22-12-16-10-11-29(25(31)14-17(16)13-23(22)33-2)15-24(30)27-21-9-5-7-19-18-6-3-4-8-20(18)28-26(19)21/h3-4,6,8,10-13,21,28H,5,7,9,14-15H2,1-2H3,(H,27,30). The Kier molecular flexibility index (Phi) is 5.54. The second kappa shape index (κ2) is 8.65. The van der Waals surface area contributed by atoms with Crippen LogP contribution in [-0.2, 0) is 22.4 Å². The van der Waals surface area contributed by atoms with E-state index in [1.807, 2.05) is 30.3 Å². The Balaban J connectivity index is 1.31. The van der Waals surface area contributed by atoms with Crippen LogP contribution in [0.15, 0.2) is 42.6 Å². The van der Waals surface area contributed by atoms with Crippen molar-refractivity contribution in [1.82, 2.24) is 15.2 Å². The van der Waals surface area contributed by atoms with E-state index in [2.05, 4.69) is 22.4 Å². The van der Waals surface area contributed by atoms with Crippen molar-refractivity contribution < 1.29 is 19.1 Å². The summed E-state index contributed by atoms with van der Waals surface area (Å²) in [6.07, 6.45) is 6.60. The summed E-state index contributed by atoms with van der Waals surface area (Å²) < 4.78 is 10.7. The molecule has 1 aliphatic carbocycles. The fourth-order valence-electron chi connectivity index (χ4n) is 4.86. The largest absolute Gasteiger partial charge is 0.493 e. The highest BCUT2D eigenvalue weighted by molar-refractivity contribution is 5.90. The Hall–Kier alpha value is -3.74. The van der Waals surface area contributed by atoms with Crippen LogP contribution in [0.3, 0.4) is 0 Å². The third-order valence-corrected chi connectivity index (χ3v) is 6.51. The zero-order valence-corrected chi connectivity index (χ0v) is 18.8. The number of benzene rings is 2. The molecule has 5 rings (SSSR count). The predicted octanol–water partition coefficient (Wildman–Crippen LogP) is 3.73. The van der Waals surface area contributed by atoms with Crippen molar-refractivity contribution >= 4 is 28.8 Å². The van der Waals surface area contributed by atoms with Crippen molar-refractivity contribution in [1.29, 1.82) is 0 Å². The smallest absolute Gasteiger partial charge is 0.240 e. The highest BCUT2D eigenvalue weighted by Crippen LogP contribution is 2.35. The molecule has 7 nitrogen and oxygen atoms in total. The van der Waals surface area contributed by atoms with E-state index in [0.29, 0.717) is 11.5 Å². The summed E-state index contributed by atoms with van der Waals surface area (Å²) in [7, 11) is 3.15. The molecule has 0 saturated heterocycles. The molecule has 1 unspecified atom stereocenters. The third kappa shape index (κ3) is 3.95. The molecule has 0 spiro atoms. The fraction of sp³-hybridized carbons (Fsp3) is 0.308. The van der Waals surface area contributed by atoms with Crippen LogP contribution < -0.4 is 14.8 Å². The number of aromatic nitrogens is 1. The number of aromatic amines is 1. The molecule has 2 amide bonds. The molecule has 3 aromatic rings. The molecule has 2 aliphatic rings. The molecule has 7 heteroatoms. The van der Waals surface area contributed by atoms with Gasteiger partial charge in [-0.2, -0.15) is 0 Å². The van der Waals surface area contributed by atoms with Gasteiger partial charge in [0.1, 0.15) is 6.54 Å². The van der Waals surface area contributed by atoms with Crippen molar-refractivity contribution in [2.75, 3.05) is 20.8 Å². The van der Waals surface area contributed by atoms with E-state index in [-0.39, 0.29) is 30.8 Å². The number of carbonyl (C=O) groups excluding carboxylic acids is 2. The molecular weight excluding hydrogens is 418 g/mol. The molecule has 2 heterocycles. The number of hydrogen-bond acceptors (Lipinski definition) is 4. The molecule has 1 aromatic heterocycles. The first kappa shape index (κ1) is 21.1. The summed E-state index contributed by atoms with van der Waals surface area (Å²) in [5.41, 5.74) is 5.18. The van der Waals surface area contributed by atoms with Crippen LogP contribution >= 0.6 is 0 Å². The lowest BCUT2D eigenvalue weighted by atomic mass is 9.91. The summed E-state index contributed by atoms with van der Waals surface area (Å²) >= 11 is 0. The van der Waals surface area contributed by atoms with E-state index in [0.717, 1.165) is 41.6 Å². The average molecular weight is 446 g/mol. The van der Waals surface area contributed by atoms with E-state index < -0.39 is 0 Å². The number of methoxy groups -OCH3 is 2. The Morgan fingerprint density at radius 1 is 1.18 bits per heavy atom. The molecule has 0 saturated carbocycles. The molecule has 33 heavy (non-hydrogen) atoms. The van der Waals surface area contributed by atoms with Crippen molar-refractivity contribution in [3.8, 4) is 11.5 Å². The number of ether oxygens (including phenoxy) is 2. The van der Waals surface area contributed by atoms with Crippen LogP contribution in [0.5, 0.6) is 11.5 Å². The Morgan fingerprint density at radius 2 is 1.97 bits per heavy atom. The normalized spacial score (nSPS) is 17.3. The molecule has 2 aromatic carbocycles. The highest BCUT2D eigenvalue weighted by Gasteiger charge is 2.27. The van der Waals surface area contributed by atoms with Gasteiger partial charge in [0.25, 0.3) is 0 Å². The number of amides is 2. The number of hydrogen-bond donors (Lipinski definition) is 2. The number of fused-ring (bicyclic) bond motifs is 4. The fourth-order valence-corrected chi connectivity index (χ4v) is 4.86. The molecule has 1 aliphatic heterocycles. The van der Waals surface area contributed by atoms with E-state index in [1.54, 1.807) is 20.4 Å². The lowest BCUT2D eigenvalue weighted by Gasteiger charge is -2.25. The third-order valence-electron chi connectivity index (χ3n) is 6.51. The van der Waals surface area contributed by atoms with E-state index in [9.17, 15) is 9.59 Å². The Labute approximate surface area is 192 Å². The van der Waals surface area contributed by atoms with Gasteiger partial charge in [0.15, 0.2) is 11.5 Å². The first-order chi connectivity index (χ1) is 16.1. The minimum atomic E-state index is -0.175. The number of nitrogens with zero attached hydrogens (tertiary/aromatic N) is 1. The van der Waals surface area contributed by atoms with Gasteiger partial charge in [-0.25, -0.2) is 0 Å². The zero-order chi connectivity index (χ0) is 22.9. The summed E-state index contributed by atoms with van der Waals surface area (Å²) in [5, 5.41) is 4.37. The van der Waals surface area contributed by atoms with Gasteiger partial charge in [-0.3, -0.25) is 9.59 Å². The molecule has 170 valence electrons. The number of aryl methyl sites for hydroxylation is 1. The van der Waals surface area contributed by atoms with E-state index in [4.69, 9.17) is 9.47 Å². The average Bonchev–Trinajstić information content (AvgIpc) is 3.14. The number of para-hydroxylation sites is 1. The van der Waals surface area contributed by atoms with E-state index >= 15 is 0 Å². The Morgan fingerprint density at radius 3 is 2.79 bits per heavy atom. The van der Waals surface area contributed by atoms with Crippen LogP contribution in [0, 0.1) is 0 Å². The van der Waals surface area contributed by atoms with Crippen LogP contribution in [0.2, 0.25) is 0 Å². The monoisotopic (exact) mass is 445 g/mol. The number of nitrogens with one attached hydrogen (secondary N) is 2. The van der Waals surface area contributed by atoms with Gasteiger partial charge in [0.2, 0.25) is 11.8 Å². The molecule has 1 atom stereocenters. The van der Waals surface area contributed by atoms with Crippen molar-refractivity contribution in [3.05, 3.63) is 65.0 Å². The van der Waals surface area contributed by atoms with Gasteiger partial charge in [0.05, 0.1) is 26.7 Å². The quantitative estimate of drug-likeness (QED) is 0.627. The predicted molar refractivity (Wildman–Crippen MR) is 126 cm³/mol. The Bertz CT molecular complexity index is 1260.